The van der Waals surface area contributed by atoms with Gasteiger partial charge in [0, 0.05) is 56.2 Å². The molecule has 0 aliphatic heterocycles. The van der Waals surface area contributed by atoms with Crippen molar-refractivity contribution in [3.8, 4) is 0 Å². The first-order valence-electron chi connectivity index (χ1n) is 14.8. The summed E-state index contributed by atoms with van der Waals surface area (Å²) < 4.78 is 18.8. The van der Waals surface area contributed by atoms with E-state index >= 15 is 0 Å². The normalized spacial score (nSPS) is 12.3. The molecule has 0 spiro atoms. The van der Waals surface area contributed by atoms with Crippen LogP contribution < -0.4 is 10.6 Å². The number of fused-ring (bicyclic) bond motifs is 1. The van der Waals surface area contributed by atoms with Gasteiger partial charge in [-0.1, -0.05) is 54.9 Å². The van der Waals surface area contributed by atoms with Crippen LogP contribution in [0.2, 0.25) is 5.02 Å². The van der Waals surface area contributed by atoms with Crippen LogP contribution in [0.1, 0.15) is 58.2 Å². The van der Waals surface area contributed by atoms with Crippen molar-refractivity contribution in [1.29, 1.82) is 0 Å². The first-order valence-corrected chi connectivity index (χ1v) is 15.2. The van der Waals surface area contributed by atoms with E-state index in [2.05, 4.69) is 45.7 Å². The van der Waals surface area contributed by atoms with Crippen LogP contribution in [0.15, 0.2) is 71.5 Å². The van der Waals surface area contributed by atoms with Crippen molar-refractivity contribution < 1.29 is 18.7 Å². The maximum atomic E-state index is 13.6. The average Bonchev–Trinajstić information content (AvgIpc) is 3.00. The van der Waals surface area contributed by atoms with Gasteiger partial charge in [0.05, 0.1) is 11.1 Å². The Hall–Kier alpha value is -3.82. The SMILES string of the molecule is CCCNC/C(C)=C/N=C(C)CCC(COC(C)=O)N(C)C(=O)NCc1cccc(F)c1Cl.Cc1cc2ccccc2cn1. The number of rotatable bonds is 13. The van der Waals surface area contributed by atoms with E-state index in [4.69, 9.17) is 16.3 Å². The van der Waals surface area contributed by atoms with Crippen LogP contribution >= 0.6 is 11.6 Å². The van der Waals surface area contributed by atoms with Gasteiger partial charge < -0.3 is 20.3 Å². The number of ether oxygens (including phenoxy) is 1. The molecule has 44 heavy (non-hydrogen) atoms. The van der Waals surface area contributed by atoms with Crippen LogP contribution in [0.3, 0.4) is 0 Å². The second-order valence-corrected chi connectivity index (χ2v) is 11.0. The molecule has 1 aromatic heterocycles. The predicted molar refractivity (Wildman–Crippen MR) is 178 cm³/mol. The Bertz CT molecular complexity index is 1430. The third kappa shape index (κ3) is 13.2. The average molecular weight is 626 g/mol. The summed E-state index contributed by atoms with van der Waals surface area (Å²) in [7, 11) is 1.63. The number of aliphatic imine (C=N–C) groups is 1. The molecule has 2 amide bonds. The lowest BCUT2D eigenvalue weighted by atomic mass is 10.1. The van der Waals surface area contributed by atoms with Gasteiger partial charge in [-0.05, 0) is 75.2 Å². The number of aryl methyl sites for hydroxylation is 1. The number of urea groups is 1. The van der Waals surface area contributed by atoms with E-state index in [1.807, 2.05) is 45.3 Å². The third-order valence-corrected chi connectivity index (χ3v) is 7.17. The molecular weight excluding hydrogens is 581 g/mol. The number of esters is 1. The number of benzene rings is 2. The zero-order chi connectivity index (χ0) is 32.5. The van der Waals surface area contributed by atoms with Crippen molar-refractivity contribution in [2.75, 3.05) is 26.7 Å². The largest absolute Gasteiger partial charge is 0.464 e. The van der Waals surface area contributed by atoms with Crippen molar-refractivity contribution >= 4 is 40.1 Å². The summed E-state index contributed by atoms with van der Waals surface area (Å²) in [5.74, 6) is -0.950. The number of hydrogen-bond acceptors (Lipinski definition) is 6. The summed E-state index contributed by atoms with van der Waals surface area (Å²) in [6.07, 6.45) is 6.03. The van der Waals surface area contributed by atoms with Crippen molar-refractivity contribution in [3.05, 3.63) is 88.6 Å². The molecule has 3 aromatic rings. The monoisotopic (exact) mass is 625 g/mol. The number of carbonyl (C=O) groups is 2. The predicted octanol–water partition coefficient (Wildman–Crippen LogP) is 7.24. The molecule has 10 heteroatoms. The molecule has 238 valence electrons. The van der Waals surface area contributed by atoms with Crippen molar-refractivity contribution in [3.63, 3.8) is 0 Å². The minimum Gasteiger partial charge on any atom is -0.464 e. The Morgan fingerprint density at radius 3 is 2.57 bits per heavy atom. The van der Waals surface area contributed by atoms with Crippen LogP contribution in [0, 0.1) is 12.7 Å². The molecule has 1 unspecified atom stereocenters. The summed E-state index contributed by atoms with van der Waals surface area (Å²) in [6.45, 7) is 11.3. The molecule has 1 heterocycles. The number of nitrogens with zero attached hydrogens (tertiary/aromatic N) is 3. The second-order valence-electron chi connectivity index (χ2n) is 10.7. The van der Waals surface area contributed by atoms with Crippen LogP contribution in [-0.2, 0) is 16.1 Å². The number of pyridine rings is 1. The highest BCUT2D eigenvalue weighted by Gasteiger charge is 2.21. The molecule has 0 saturated heterocycles. The number of aromatic nitrogens is 1. The first kappa shape index (κ1) is 36.4. The van der Waals surface area contributed by atoms with E-state index in [1.54, 1.807) is 13.1 Å². The minimum absolute atomic E-state index is 0.0167. The Kier molecular flexibility index (Phi) is 16.1. The fourth-order valence-corrected chi connectivity index (χ4v) is 4.30. The molecule has 0 aliphatic rings. The van der Waals surface area contributed by atoms with Gasteiger partial charge in [0.1, 0.15) is 12.4 Å². The quantitative estimate of drug-likeness (QED) is 0.119. The third-order valence-electron chi connectivity index (χ3n) is 6.75. The topological polar surface area (TPSA) is 95.9 Å². The maximum absolute atomic E-state index is 13.6. The van der Waals surface area contributed by atoms with E-state index in [1.165, 1.54) is 34.7 Å². The van der Waals surface area contributed by atoms with Crippen molar-refractivity contribution in [2.45, 2.75) is 66.5 Å². The van der Waals surface area contributed by atoms with Gasteiger partial charge in [0.25, 0.3) is 0 Å². The second kappa shape index (κ2) is 19.5. The molecule has 8 nitrogen and oxygen atoms in total. The van der Waals surface area contributed by atoms with Gasteiger partial charge in [-0.15, -0.1) is 0 Å². The molecule has 2 N–H and O–H groups in total. The van der Waals surface area contributed by atoms with Gasteiger partial charge >= 0.3 is 12.0 Å². The number of amides is 2. The Morgan fingerprint density at radius 1 is 1.14 bits per heavy atom. The smallest absolute Gasteiger partial charge is 0.317 e. The van der Waals surface area contributed by atoms with Crippen molar-refractivity contribution in [2.24, 2.45) is 4.99 Å². The Labute approximate surface area is 265 Å². The summed E-state index contributed by atoms with van der Waals surface area (Å²) in [4.78, 5) is 34.2. The van der Waals surface area contributed by atoms with Gasteiger partial charge in [-0.3, -0.25) is 14.8 Å². The lowest BCUT2D eigenvalue weighted by Gasteiger charge is -2.28. The molecule has 0 saturated carbocycles. The van der Waals surface area contributed by atoms with E-state index in [9.17, 15) is 14.0 Å². The lowest BCUT2D eigenvalue weighted by molar-refractivity contribution is -0.142. The van der Waals surface area contributed by atoms with Crippen LogP contribution in [-0.4, -0.2) is 60.4 Å². The lowest BCUT2D eigenvalue weighted by Crippen LogP contribution is -2.45. The maximum Gasteiger partial charge on any atom is 0.317 e. The van der Waals surface area contributed by atoms with E-state index < -0.39 is 11.8 Å². The van der Waals surface area contributed by atoms with Crippen LogP contribution in [0.5, 0.6) is 0 Å². The minimum atomic E-state index is -0.537. The van der Waals surface area contributed by atoms with E-state index in [0.29, 0.717) is 18.4 Å². The fraction of sp³-hybridized carbons (Fsp3) is 0.412. The highest BCUT2D eigenvalue weighted by Crippen LogP contribution is 2.19. The molecule has 0 fully saturated rings. The number of carbonyl (C=O) groups excluding carboxylic acids is 2. The molecule has 3 rings (SSSR count). The number of halogens is 2. The molecule has 0 bridgehead atoms. The molecule has 0 aliphatic carbocycles. The molecule has 0 radical (unpaired) electrons. The fourth-order valence-electron chi connectivity index (χ4n) is 4.11. The Balaban J connectivity index is 0.000000505. The van der Waals surface area contributed by atoms with Gasteiger partial charge in [0.2, 0.25) is 0 Å². The van der Waals surface area contributed by atoms with Crippen molar-refractivity contribution in [1.82, 2.24) is 20.5 Å². The summed E-state index contributed by atoms with van der Waals surface area (Å²) in [6, 6.07) is 14.1. The van der Waals surface area contributed by atoms with Gasteiger partial charge in [-0.25, -0.2) is 9.18 Å². The first-order chi connectivity index (χ1) is 21.0. The highest BCUT2D eigenvalue weighted by molar-refractivity contribution is 6.31. The standard InChI is InChI=1S/C24H36ClFN4O3.C10H9N/c1-6-12-27-13-17(2)14-28-18(3)10-11-21(16-33-19(4)31)30(5)24(32)29-15-20-8-7-9-22(26)23(20)25;1-8-6-9-4-2-3-5-10(9)7-11-8/h7-9,14,21,27H,6,10-13,15-16H2,1-5H3,(H,29,32);2-7H,1H3/b17-14+,28-18?;. The summed E-state index contributed by atoms with van der Waals surface area (Å²) in [5.41, 5.74) is 3.60. The van der Waals surface area contributed by atoms with E-state index in [-0.39, 0.29) is 30.2 Å². The highest BCUT2D eigenvalue weighted by atomic mass is 35.5. The Morgan fingerprint density at radius 2 is 1.86 bits per heavy atom. The zero-order valence-electron chi connectivity index (χ0n) is 26.6. The summed E-state index contributed by atoms with van der Waals surface area (Å²) >= 11 is 5.96. The van der Waals surface area contributed by atoms with Gasteiger partial charge in [0.15, 0.2) is 0 Å². The number of hydrogen-bond donors (Lipinski definition) is 2. The molecule has 2 aromatic carbocycles. The van der Waals surface area contributed by atoms with Crippen LogP contribution in [0.25, 0.3) is 10.8 Å². The molecular formula is C34H45ClFN5O3. The number of nitrogens with one attached hydrogen (secondary N) is 2. The number of likely N-dealkylation sites (N-methyl/N-ethyl adjacent to an activating group) is 1. The molecule has 1 atom stereocenters. The van der Waals surface area contributed by atoms with Crippen LogP contribution in [0.4, 0.5) is 9.18 Å². The summed E-state index contributed by atoms with van der Waals surface area (Å²) in [5, 5.41) is 8.52. The zero-order valence-corrected chi connectivity index (χ0v) is 27.4. The van der Waals surface area contributed by atoms with E-state index in [0.717, 1.165) is 36.5 Å². The van der Waals surface area contributed by atoms with Gasteiger partial charge in [-0.2, -0.15) is 0 Å².